The number of aromatic nitrogens is 2. The van der Waals surface area contributed by atoms with Crippen LogP contribution in [0.2, 0.25) is 0 Å². The molecular weight excluding hydrogens is 164 g/mol. The molecule has 0 radical (unpaired) electrons. The van der Waals surface area contributed by atoms with Crippen molar-refractivity contribution in [2.75, 3.05) is 25.5 Å². The van der Waals surface area contributed by atoms with Crippen molar-refractivity contribution < 1.29 is 0 Å². The second-order valence-corrected chi connectivity index (χ2v) is 2.98. The molecule has 1 rings (SSSR count). The molecule has 72 valence electrons. The fourth-order valence-corrected chi connectivity index (χ4v) is 1.01. The standard InChI is InChI=1S/C9H16N4/c1-7-6-12-8(2)9(13-7)11-5-4-10-3/h6,10H,4-5H2,1-3H3,(H,11,13). The molecule has 4 heteroatoms. The lowest BCUT2D eigenvalue weighted by Crippen LogP contribution is -2.19. The molecule has 13 heavy (non-hydrogen) atoms. The summed E-state index contributed by atoms with van der Waals surface area (Å²) in [7, 11) is 1.93. The second kappa shape index (κ2) is 4.77. The van der Waals surface area contributed by atoms with Crippen LogP contribution in [0.25, 0.3) is 0 Å². The Hall–Kier alpha value is -1.16. The molecule has 0 aliphatic carbocycles. The largest absolute Gasteiger partial charge is 0.367 e. The zero-order valence-electron chi connectivity index (χ0n) is 8.39. The summed E-state index contributed by atoms with van der Waals surface area (Å²) in [5, 5.41) is 6.28. The molecule has 2 N–H and O–H groups in total. The molecule has 0 unspecified atom stereocenters. The first-order valence-corrected chi connectivity index (χ1v) is 4.42. The van der Waals surface area contributed by atoms with Crippen molar-refractivity contribution in [1.29, 1.82) is 0 Å². The number of anilines is 1. The van der Waals surface area contributed by atoms with Crippen LogP contribution in [0.4, 0.5) is 5.82 Å². The Morgan fingerprint density at radius 2 is 2.08 bits per heavy atom. The number of likely N-dealkylation sites (N-methyl/N-ethyl adjacent to an activating group) is 1. The van der Waals surface area contributed by atoms with Gasteiger partial charge in [0.2, 0.25) is 0 Å². The average molecular weight is 180 g/mol. The molecule has 1 aromatic heterocycles. The highest BCUT2D eigenvalue weighted by Crippen LogP contribution is 2.07. The normalized spacial score (nSPS) is 10.1. The van der Waals surface area contributed by atoms with Gasteiger partial charge in [0.05, 0.1) is 11.4 Å². The van der Waals surface area contributed by atoms with Gasteiger partial charge < -0.3 is 10.6 Å². The Kier molecular flexibility index (Phi) is 3.64. The van der Waals surface area contributed by atoms with Crippen LogP contribution in [0.5, 0.6) is 0 Å². The van der Waals surface area contributed by atoms with Gasteiger partial charge in [0, 0.05) is 19.3 Å². The maximum Gasteiger partial charge on any atom is 0.147 e. The van der Waals surface area contributed by atoms with E-state index in [1.807, 2.05) is 20.9 Å². The molecule has 1 aromatic rings. The number of hydrogen-bond acceptors (Lipinski definition) is 4. The predicted molar refractivity (Wildman–Crippen MR) is 53.9 cm³/mol. The number of nitrogens with zero attached hydrogens (tertiary/aromatic N) is 2. The summed E-state index contributed by atoms with van der Waals surface area (Å²) in [5.74, 6) is 0.884. The lowest BCUT2D eigenvalue weighted by molar-refractivity contribution is 0.818. The van der Waals surface area contributed by atoms with Gasteiger partial charge in [0.25, 0.3) is 0 Å². The molecular formula is C9H16N4. The minimum absolute atomic E-state index is 0.871. The minimum atomic E-state index is 0.871. The fraction of sp³-hybridized carbons (Fsp3) is 0.556. The molecule has 0 spiro atoms. The Morgan fingerprint density at radius 3 is 2.77 bits per heavy atom. The number of hydrogen-bond donors (Lipinski definition) is 2. The molecule has 0 aliphatic rings. The highest BCUT2D eigenvalue weighted by atomic mass is 15.0. The zero-order valence-corrected chi connectivity index (χ0v) is 8.39. The van der Waals surface area contributed by atoms with Gasteiger partial charge in [-0.3, -0.25) is 4.98 Å². The SMILES string of the molecule is CNCCNc1nc(C)cnc1C. The van der Waals surface area contributed by atoms with Crippen molar-refractivity contribution in [2.24, 2.45) is 0 Å². The lowest BCUT2D eigenvalue weighted by atomic mass is 10.4. The van der Waals surface area contributed by atoms with E-state index < -0.39 is 0 Å². The van der Waals surface area contributed by atoms with Crippen LogP contribution in [-0.2, 0) is 0 Å². The van der Waals surface area contributed by atoms with Crippen LogP contribution in [0.15, 0.2) is 6.20 Å². The molecule has 4 nitrogen and oxygen atoms in total. The summed E-state index contributed by atoms with van der Waals surface area (Å²) >= 11 is 0. The Bertz CT molecular complexity index is 272. The number of rotatable bonds is 4. The summed E-state index contributed by atoms with van der Waals surface area (Å²) in [6, 6.07) is 0. The van der Waals surface area contributed by atoms with Crippen molar-refractivity contribution in [3.05, 3.63) is 17.6 Å². The van der Waals surface area contributed by atoms with Gasteiger partial charge in [-0.1, -0.05) is 0 Å². The van der Waals surface area contributed by atoms with E-state index in [1.165, 1.54) is 0 Å². The molecule has 0 atom stereocenters. The maximum atomic E-state index is 4.34. The first-order chi connectivity index (χ1) is 6.24. The van der Waals surface area contributed by atoms with Gasteiger partial charge in [0.1, 0.15) is 5.82 Å². The zero-order chi connectivity index (χ0) is 9.68. The van der Waals surface area contributed by atoms with Crippen LogP contribution >= 0.6 is 0 Å². The Morgan fingerprint density at radius 1 is 1.31 bits per heavy atom. The molecule has 0 fully saturated rings. The van der Waals surface area contributed by atoms with Gasteiger partial charge in [-0.25, -0.2) is 4.98 Å². The summed E-state index contributed by atoms with van der Waals surface area (Å²) in [5.41, 5.74) is 1.89. The molecule has 0 aromatic carbocycles. The smallest absolute Gasteiger partial charge is 0.147 e. The lowest BCUT2D eigenvalue weighted by Gasteiger charge is -2.07. The molecule has 0 bridgehead atoms. The van der Waals surface area contributed by atoms with Crippen LogP contribution in [0.3, 0.4) is 0 Å². The second-order valence-electron chi connectivity index (χ2n) is 2.98. The van der Waals surface area contributed by atoms with E-state index in [0.29, 0.717) is 0 Å². The third kappa shape index (κ3) is 2.99. The minimum Gasteiger partial charge on any atom is -0.367 e. The van der Waals surface area contributed by atoms with Crippen molar-refractivity contribution in [3.8, 4) is 0 Å². The van der Waals surface area contributed by atoms with E-state index in [9.17, 15) is 0 Å². The predicted octanol–water partition coefficient (Wildman–Crippen LogP) is 0.725. The highest BCUT2D eigenvalue weighted by molar-refractivity contribution is 5.39. The van der Waals surface area contributed by atoms with E-state index in [1.54, 1.807) is 6.20 Å². The maximum absolute atomic E-state index is 4.34. The molecule has 0 aliphatic heterocycles. The van der Waals surface area contributed by atoms with E-state index in [2.05, 4.69) is 20.6 Å². The number of nitrogens with one attached hydrogen (secondary N) is 2. The first-order valence-electron chi connectivity index (χ1n) is 4.42. The van der Waals surface area contributed by atoms with Crippen LogP contribution in [0.1, 0.15) is 11.4 Å². The van der Waals surface area contributed by atoms with Gasteiger partial charge in [-0.2, -0.15) is 0 Å². The van der Waals surface area contributed by atoms with Gasteiger partial charge in [-0.05, 0) is 20.9 Å². The van der Waals surface area contributed by atoms with Crippen molar-refractivity contribution in [3.63, 3.8) is 0 Å². The van der Waals surface area contributed by atoms with E-state index in [4.69, 9.17) is 0 Å². The average Bonchev–Trinajstić information content (AvgIpc) is 2.11. The molecule has 0 saturated carbocycles. The van der Waals surface area contributed by atoms with Crippen molar-refractivity contribution in [1.82, 2.24) is 15.3 Å². The van der Waals surface area contributed by atoms with Gasteiger partial charge in [0.15, 0.2) is 0 Å². The summed E-state index contributed by atoms with van der Waals surface area (Å²) in [4.78, 5) is 8.56. The monoisotopic (exact) mass is 180 g/mol. The van der Waals surface area contributed by atoms with Crippen LogP contribution in [0, 0.1) is 13.8 Å². The first kappa shape index (κ1) is 9.92. The van der Waals surface area contributed by atoms with E-state index in [-0.39, 0.29) is 0 Å². The molecule has 0 saturated heterocycles. The topological polar surface area (TPSA) is 49.8 Å². The summed E-state index contributed by atoms with van der Waals surface area (Å²) in [6.45, 7) is 5.69. The van der Waals surface area contributed by atoms with Crippen molar-refractivity contribution in [2.45, 2.75) is 13.8 Å². The Labute approximate surface area is 78.8 Å². The number of aryl methyl sites for hydroxylation is 2. The van der Waals surface area contributed by atoms with Crippen LogP contribution < -0.4 is 10.6 Å². The third-order valence-corrected chi connectivity index (χ3v) is 1.74. The van der Waals surface area contributed by atoms with E-state index >= 15 is 0 Å². The van der Waals surface area contributed by atoms with Gasteiger partial charge >= 0.3 is 0 Å². The fourth-order valence-electron chi connectivity index (χ4n) is 1.01. The summed E-state index contributed by atoms with van der Waals surface area (Å²) in [6.07, 6.45) is 1.78. The Balaban J connectivity index is 2.59. The van der Waals surface area contributed by atoms with Crippen LogP contribution in [-0.4, -0.2) is 30.1 Å². The van der Waals surface area contributed by atoms with Gasteiger partial charge in [-0.15, -0.1) is 0 Å². The summed E-state index contributed by atoms with van der Waals surface area (Å²) < 4.78 is 0. The van der Waals surface area contributed by atoms with E-state index in [0.717, 1.165) is 30.3 Å². The quantitative estimate of drug-likeness (QED) is 0.670. The van der Waals surface area contributed by atoms with Crippen molar-refractivity contribution >= 4 is 5.82 Å². The molecule has 1 heterocycles. The third-order valence-electron chi connectivity index (χ3n) is 1.74. The highest BCUT2D eigenvalue weighted by Gasteiger charge is 1.99. The molecule has 0 amide bonds.